The number of aliphatic hydroxyl groups is 1. The van der Waals surface area contributed by atoms with Crippen LogP contribution in [0.25, 0.3) is 0 Å². The zero-order valence-electron chi connectivity index (χ0n) is 7.00. The van der Waals surface area contributed by atoms with Crippen LogP contribution in [0.2, 0.25) is 0 Å². The largest absolute Gasteiger partial charge is 0.396 e. The van der Waals surface area contributed by atoms with Gasteiger partial charge in [-0.15, -0.1) is 11.3 Å². The van der Waals surface area contributed by atoms with Gasteiger partial charge < -0.3 is 5.11 Å². The van der Waals surface area contributed by atoms with Crippen LogP contribution in [0.5, 0.6) is 0 Å². The zero-order valence-corrected chi connectivity index (χ0v) is 7.82. The standard InChI is InChI=1S/C9H14OS/c1-7(2)9-5-8(3-4-10)6-11-9/h5-7,10H,3-4H2,1-2H3. The van der Waals surface area contributed by atoms with Gasteiger partial charge in [-0.25, -0.2) is 0 Å². The summed E-state index contributed by atoms with van der Waals surface area (Å²) in [5.74, 6) is 0.618. The zero-order chi connectivity index (χ0) is 8.27. The highest BCUT2D eigenvalue weighted by molar-refractivity contribution is 7.10. The van der Waals surface area contributed by atoms with E-state index in [2.05, 4.69) is 25.3 Å². The van der Waals surface area contributed by atoms with Gasteiger partial charge in [0.05, 0.1) is 0 Å². The summed E-state index contributed by atoms with van der Waals surface area (Å²) in [5, 5.41) is 10.8. The highest BCUT2D eigenvalue weighted by Gasteiger charge is 2.02. The minimum Gasteiger partial charge on any atom is -0.396 e. The van der Waals surface area contributed by atoms with Gasteiger partial charge in [-0.3, -0.25) is 0 Å². The number of aliphatic hydroxyl groups excluding tert-OH is 1. The second-order valence-corrected chi connectivity index (χ2v) is 3.93. The minimum atomic E-state index is 0.258. The Hall–Kier alpha value is -0.340. The van der Waals surface area contributed by atoms with Crippen LogP contribution in [0.3, 0.4) is 0 Å². The van der Waals surface area contributed by atoms with Crippen LogP contribution in [0.4, 0.5) is 0 Å². The molecule has 0 amide bonds. The predicted octanol–water partition coefficient (Wildman–Crippen LogP) is 2.41. The molecule has 0 bridgehead atoms. The molecule has 1 aromatic heterocycles. The van der Waals surface area contributed by atoms with Crippen LogP contribution >= 0.6 is 11.3 Å². The first kappa shape index (κ1) is 8.75. The molecule has 1 rings (SSSR count). The summed E-state index contributed by atoms with van der Waals surface area (Å²) in [6.07, 6.45) is 0.795. The Kier molecular flexibility index (Phi) is 3.09. The van der Waals surface area contributed by atoms with E-state index in [4.69, 9.17) is 5.11 Å². The van der Waals surface area contributed by atoms with Gasteiger partial charge in [0.1, 0.15) is 0 Å². The molecule has 0 aliphatic rings. The Labute approximate surface area is 71.7 Å². The first-order chi connectivity index (χ1) is 5.24. The van der Waals surface area contributed by atoms with Crippen molar-refractivity contribution in [3.8, 4) is 0 Å². The molecule has 0 radical (unpaired) electrons. The van der Waals surface area contributed by atoms with Crippen molar-refractivity contribution in [2.45, 2.75) is 26.2 Å². The molecule has 0 spiro atoms. The normalized spacial score (nSPS) is 10.9. The Morgan fingerprint density at radius 1 is 1.55 bits per heavy atom. The highest BCUT2D eigenvalue weighted by Crippen LogP contribution is 2.23. The van der Waals surface area contributed by atoms with Crippen LogP contribution in [-0.2, 0) is 6.42 Å². The average Bonchev–Trinajstić information content (AvgIpc) is 2.37. The van der Waals surface area contributed by atoms with Crippen molar-refractivity contribution >= 4 is 11.3 Å². The highest BCUT2D eigenvalue weighted by atomic mass is 32.1. The van der Waals surface area contributed by atoms with Crippen LogP contribution in [0.1, 0.15) is 30.2 Å². The Morgan fingerprint density at radius 2 is 2.27 bits per heavy atom. The summed E-state index contributed by atoms with van der Waals surface area (Å²) in [5.41, 5.74) is 1.27. The quantitative estimate of drug-likeness (QED) is 0.738. The summed E-state index contributed by atoms with van der Waals surface area (Å²) in [4.78, 5) is 1.41. The van der Waals surface area contributed by atoms with Crippen LogP contribution in [-0.4, -0.2) is 11.7 Å². The summed E-state index contributed by atoms with van der Waals surface area (Å²) >= 11 is 1.79. The van der Waals surface area contributed by atoms with Gasteiger partial charge in [-0.1, -0.05) is 13.8 Å². The van der Waals surface area contributed by atoms with E-state index in [1.54, 1.807) is 11.3 Å². The van der Waals surface area contributed by atoms with E-state index in [1.165, 1.54) is 10.4 Å². The van der Waals surface area contributed by atoms with E-state index in [0.29, 0.717) is 5.92 Å². The predicted molar refractivity (Wildman–Crippen MR) is 49.2 cm³/mol. The monoisotopic (exact) mass is 170 g/mol. The maximum Gasteiger partial charge on any atom is 0.0471 e. The van der Waals surface area contributed by atoms with Crippen LogP contribution in [0.15, 0.2) is 11.4 Å². The molecular weight excluding hydrogens is 156 g/mol. The Bertz CT molecular complexity index is 215. The molecule has 0 aromatic carbocycles. The Morgan fingerprint density at radius 3 is 2.73 bits per heavy atom. The third-order valence-electron chi connectivity index (χ3n) is 1.64. The van der Waals surface area contributed by atoms with Crippen LogP contribution < -0.4 is 0 Å². The molecule has 11 heavy (non-hydrogen) atoms. The molecule has 0 atom stereocenters. The van der Waals surface area contributed by atoms with Crippen LogP contribution in [0, 0.1) is 0 Å². The average molecular weight is 170 g/mol. The maximum absolute atomic E-state index is 8.67. The summed E-state index contributed by atoms with van der Waals surface area (Å²) in [7, 11) is 0. The maximum atomic E-state index is 8.67. The lowest BCUT2D eigenvalue weighted by atomic mass is 10.1. The third kappa shape index (κ3) is 2.31. The molecule has 1 nitrogen and oxygen atoms in total. The van der Waals surface area contributed by atoms with E-state index in [0.717, 1.165) is 6.42 Å². The fourth-order valence-corrected chi connectivity index (χ4v) is 1.92. The lowest BCUT2D eigenvalue weighted by Crippen LogP contribution is -1.87. The molecule has 1 N–H and O–H groups in total. The fraction of sp³-hybridized carbons (Fsp3) is 0.556. The fourth-order valence-electron chi connectivity index (χ4n) is 0.957. The van der Waals surface area contributed by atoms with Gasteiger partial charge in [0.2, 0.25) is 0 Å². The van der Waals surface area contributed by atoms with E-state index < -0.39 is 0 Å². The van der Waals surface area contributed by atoms with Crippen molar-refractivity contribution in [1.29, 1.82) is 0 Å². The van der Waals surface area contributed by atoms with E-state index >= 15 is 0 Å². The molecule has 0 aliphatic heterocycles. The second-order valence-electron chi connectivity index (χ2n) is 2.99. The summed E-state index contributed by atoms with van der Waals surface area (Å²) < 4.78 is 0. The molecule has 0 saturated carbocycles. The molecule has 62 valence electrons. The van der Waals surface area contributed by atoms with Gasteiger partial charge in [0, 0.05) is 11.5 Å². The second kappa shape index (κ2) is 3.88. The molecule has 2 heteroatoms. The summed E-state index contributed by atoms with van der Waals surface area (Å²) in [6.45, 7) is 4.64. The SMILES string of the molecule is CC(C)c1cc(CCO)cs1. The smallest absolute Gasteiger partial charge is 0.0471 e. The van der Waals surface area contributed by atoms with Crippen molar-refractivity contribution in [3.63, 3.8) is 0 Å². The topological polar surface area (TPSA) is 20.2 Å². The van der Waals surface area contributed by atoms with Gasteiger partial charge in [-0.2, -0.15) is 0 Å². The number of hydrogen-bond donors (Lipinski definition) is 1. The van der Waals surface area contributed by atoms with E-state index in [9.17, 15) is 0 Å². The molecule has 0 aliphatic carbocycles. The number of rotatable bonds is 3. The lowest BCUT2D eigenvalue weighted by Gasteiger charge is -1.96. The van der Waals surface area contributed by atoms with E-state index in [1.807, 2.05) is 0 Å². The molecule has 1 aromatic rings. The van der Waals surface area contributed by atoms with Gasteiger partial charge in [-0.05, 0) is 29.3 Å². The van der Waals surface area contributed by atoms with E-state index in [-0.39, 0.29) is 6.61 Å². The Balaban J connectivity index is 2.66. The molecule has 0 saturated heterocycles. The van der Waals surface area contributed by atoms with Crippen molar-refractivity contribution in [3.05, 3.63) is 21.9 Å². The first-order valence-electron chi connectivity index (χ1n) is 3.92. The first-order valence-corrected chi connectivity index (χ1v) is 4.80. The van der Waals surface area contributed by atoms with Gasteiger partial charge in [0.25, 0.3) is 0 Å². The molecule has 1 heterocycles. The van der Waals surface area contributed by atoms with Crippen molar-refractivity contribution in [2.24, 2.45) is 0 Å². The summed E-state index contributed by atoms with van der Waals surface area (Å²) in [6, 6.07) is 2.19. The third-order valence-corrected chi connectivity index (χ3v) is 2.93. The molecule has 0 fully saturated rings. The number of hydrogen-bond acceptors (Lipinski definition) is 2. The van der Waals surface area contributed by atoms with Crippen molar-refractivity contribution in [2.75, 3.05) is 6.61 Å². The lowest BCUT2D eigenvalue weighted by molar-refractivity contribution is 0.300. The molecular formula is C9H14OS. The number of thiophene rings is 1. The van der Waals surface area contributed by atoms with Crippen molar-refractivity contribution < 1.29 is 5.11 Å². The minimum absolute atomic E-state index is 0.258. The van der Waals surface area contributed by atoms with Gasteiger partial charge >= 0.3 is 0 Å². The molecule has 0 unspecified atom stereocenters. The van der Waals surface area contributed by atoms with Gasteiger partial charge in [0.15, 0.2) is 0 Å². The van der Waals surface area contributed by atoms with Crippen molar-refractivity contribution in [1.82, 2.24) is 0 Å².